The Balaban J connectivity index is 1.99. The minimum atomic E-state index is 0.218. The van der Waals surface area contributed by atoms with Crippen LogP contribution in [0.4, 0.5) is 5.69 Å². The van der Waals surface area contributed by atoms with E-state index in [2.05, 4.69) is 15.5 Å². The summed E-state index contributed by atoms with van der Waals surface area (Å²) >= 11 is 0. The van der Waals surface area contributed by atoms with Crippen molar-refractivity contribution in [2.75, 3.05) is 18.9 Å². The molecule has 19 heavy (non-hydrogen) atoms. The van der Waals surface area contributed by atoms with E-state index in [-0.39, 0.29) is 6.04 Å². The first-order valence-corrected chi connectivity index (χ1v) is 6.48. The molecule has 1 aliphatic heterocycles. The van der Waals surface area contributed by atoms with E-state index in [1.165, 1.54) is 0 Å². The van der Waals surface area contributed by atoms with Gasteiger partial charge in [0.2, 0.25) is 0 Å². The lowest BCUT2D eigenvalue weighted by Crippen LogP contribution is -2.23. The average molecular weight is 259 g/mol. The van der Waals surface area contributed by atoms with Crippen LogP contribution in [-0.2, 0) is 4.74 Å². The van der Waals surface area contributed by atoms with Crippen LogP contribution < -0.4 is 5.73 Å². The van der Waals surface area contributed by atoms with E-state index in [1.807, 2.05) is 29.8 Å². The molecule has 1 aromatic carbocycles. The first kappa shape index (κ1) is 12.1. The number of nitrogens with two attached hydrogens (primary N) is 1. The summed E-state index contributed by atoms with van der Waals surface area (Å²) in [6.07, 6.45) is 2.09. The Morgan fingerprint density at radius 3 is 3.05 bits per heavy atom. The van der Waals surface area contributed by atoms with Crippen molar-refractivity contribution >= 4 is 5.69 Å². The van der Waals surface area contributed by atoms with E-state index in [1.54, 1.807) is 0 Å². The van der Waals surface area contributed by atoms with Gasteiger partial charge in [-0.1, -0.05) is 0 Å². The van der Waals surface area contributed by atoms with Crippen LogP contribution in [0.25, 0.3) is 11.4 Å². The van der Waals surface area contributed by atoms with E-state index >= 15 is 0 Å². The van der Waals surface area contributed by atoms with Gasteiger partial charge >= 0.3 is 0 Å². The summed E-state index contributed by atoms with van der Waals surface area (Å²) in [5, 5.41) is 12.1. The molecule has 2 heterocycles. The van der Waals surface area contributed by atoms with Gasteiger partial charge in [-0.15, -0.1) is 5.10 Å². The van der Waals surface area contributed by atoms with Crippen LogP contribution in [0.1, 0.15) is 24.4 Å². The van der Waals surface area contributed by atoms with Crippen LogP contribution in [-0.4, -0.2) is 33.4 Å². The first-order valence-electron chi connectivity index (χ1n) is 6.48. The molecule has 3 rings (SSSR count). The van der Waals surface area contributed by atoms with Gasteiger partial charge in [-0.3, -0.25) is 0 Å². The highest BCUT2D eigenvalue weighted by atomic mass is 16.5. The highest BCUT2D eigenvalue weighted by molar-refractivity contribution is 5.63. The molecule has 6 heteroatoms. The van der Waals surface area contributed by atoms with Crippen LogP contribution in [0.15, 0.2) is 18.2 Å². The molecule has 0 aliphatic carbocycles. The predicted octanol–water partition coefficient (Wildman–Crippen LogP) is 1.58. The molecule has 0 saturated carbocycles. The van der Waals surface area contributed by atoms with Crippen LogP contribution in [0.2, 0.25) is 0 Å². The van der Waals surface area contributed by atoms with E-state index < -0.39 is 0 Å². The third-order valence-electron chi connectivity index (χ3n) is 3.47. The first-order chi connectivity index (χ1) is 9.25. The summed E-state index contributed by atoms with van der Waals surface area (Å²) in [7, 11) is 0. The molecular formula is C13H17N5O. The number of aromatic nitrogens is 4. The van der Waals surface area contributed by atoms with Crippen molar-refractivity contribution in [2.24, 2.45) is 0 Å². The second kappa shape index (κ2) is 4.97. The zero-order valence-electron chi connectivity index (χ0n) is 10.9. The van der Waals surface area contributed by atoms with Gasteiger partial charge in [0.1, 0.15) is 0 Å². The summed E-state index contributed by atoms with van der Waals surface area (Å²) in [5.74, 6) is 0.785. The fourth-order valence-electron chi connectivity index (χ4n) is 2.47. The van der Waals surface area contributed by atoms with Crippen molar-refractivity contribution < 1.29 is 4.74 Å². The maximum atomic E-state index is 5.78. The van der Waals surface area contributed by atoms with E-state index in [4.69, 9.17) is 10.5 Å². The fraction of sp³-hybridized carbons (Fsp3) is 0.462. The van der Waals surface area contributed by atoms with Crippen molar-refractivity contribution in [3.63, 3.8) is 0 Å². The second-order valence-electron chi connectivity index (χ2n) is 4.89. The molecule has 1 aliphatic rings. The largest absolute Gasteiger partial charge is 0.399 e. The molecule has 2 aromatic rings. The number of nitrogen functional groups attached to an aromatic ring is 1. The number of ether oxygens (including phenoxy) is 1. The van der Waals surface area contributed by atoms with E-state index in [9.17, 15) is 0 Å². The molecule has 0 spiro atoms. The van der Waals surface area contributed by atoms with Crippen molar-refractivity contribution in [2.45, 2.75) is 25.8 Å². The predicted molar refractivity (Wildman–Crippen MR) is 71.5 cm³/mol. The molecule has 100 valence electrons. The molecule has 1 unspecified atom stereocenters. The number of aryl methyl sites for hydroxylation is 1. The van der Waals surface area contributed by atoms with Gasteiger partial charge in [-0.05, 0) is 54.0 Å². The Hall–Kier alpha value is -1.95. The smallest absolute Gasteiger partial charge is 0.182 e. The summed E-state index contributed by atoms with van der Waals surface area (Å²) in [4.78, 5) is 0. The summed E-state index contributed by atoms with van der Waals surface area (Å²) in [5.41, 5.74) is 8.63. The SMILES string of the molecule is Cc1cc(N)ccc1-c1nnnn1C1CCCOC1. The van der Waals surface area contributed by atoms with Crippen molar-refractivity contribution in [1.82, 2.24) is 20.2 Å². The Kier molecular flexibility index (Phi) is 3.16. The molecule has 2 N–H and O–H groups in total. The van der Waals surface area contributed by atoms with Gasteiger partial charge in [0.15, 0.2) is 5.82 Å². The molecular weight excluding hydrogens is 242 g/mol. The monoisotopic (exact) mass is 259 g/mol. The van der Waals surface area contributed by atoms with Crippen molar-refractivity contribution in [1.29, 1.82) is 0 Å². The van der Waals surface area contributed by atoms with E-state index in [0.29, 0.717) is 6.61 Å². The van der Waals surface area contributed by atoms with Crippen LogP contribution in [0.3, 0.4) is 0 Å². The highest BCUT2D eigenvalue weighted by Gasteiger charge is 2.22. The molecule has 6 nitrogen and oxygen atoms in total. The summed E-state index contributed by atoms with van der Waals surface area (Å²) in [6, 6.07) is 6.00. The standard InChI is InChI=1S/C13H17N5O/c1-9-7-10(14)4-5-12(9)13-15-16-17-18(13)11-3-2-6-19-8-11/h4-5,7,11H,2-3,6,8,14H2,1H3. The molecule has 1 atom stereocenters. The third-order valence-corrected chi connectivity index (χ3v) is 3.47. The van der Waals surface area contributed by atoms with Gasteiger partial charge in [0, 0.05) is 17.9 Å². The third kappa shape index (κ3) is 2.31. The Bertz CT molecular complexity index is 574. The highest BCUT2D eigenvalue weighted by Crippen LogP contribution is 2.27. The molecule has 0 radical (unpaired) electrons. The van der Waals surface area contributed by atoms with Gasteiger partial charge in [-0.25, -0.2) is 4.68 Å². The average Bonchev–Trinajstić information content (AvgIpc) is 2.89. The number of rotatable bonds is 2. The fourth-order valence-corrected chi connectivity index (χ4v) is 2.47. The zero-order valence-corrected chi connectivity index (χ0v) is 10.9. The normalized spacial score (nSPS) is 19.5. The minimum Gasteiger partial charge on any atom is -0.399 e. The van der Waals surface area contributed by atoms with Crippen LogP contribution >= 0.6 is 0 Å². The molecule has 1 fully saturated rings. The zero-order chi connectivity index (χ0) is 13.2. The van der Waals surface area contributed by atoms with Crippen molar-refractivity contribution in [3.05, 3.63) is 23.8 Å². The lowest BCUT2D eigenvalue weighted by Gasteiger charge is -2.23. The Morgan fingerprint density at radius 2 is 2.32 bits per heavy atom. The number of anilines is 1. The lowest BCUT2D eigenvalue weighted by molar-refractivity contribution is 0.0548. The van der Waals surface area contributed by atoms with Crippen LogP contribution in [0, 0.1) is 6.92 Å². The number of nitrogens with zero attached hydrogens (tertiary/aromatic N) is 4. The summed E-state index contributed by atoms with van der Waals surface area (Å²) < 4.78 is 7.38. The number of hydrogen-bond donors (Lipinski definition) is 1. The van der Waals surface area contributed by atoms with Crippen LogP contribution in [0.5, 0.6) is 0 Å². The van der Waals surface area contributed by atoms with Gasteiger partial charge in [0.25, 0.3) is 0 Å². The lowest BCUT2D eigenvalue weighted by atomic mass is 10.1. The topological polar surface area (TPSA) is 78.9 Å². The van der Waals surface area contributed by atoms with Gasteiger partial charge in [-0.2, -0.15) is 0 Å². The number of tetrazole rings is 1. The molecule has 1 aromatic heterocycles. The van der Waals surface area contributed by atoms with E-state index in [0.717, 1.165) is 42.1 Å². The molecule has 1 saturated heterocycles. The van der Waals surface area contributed by atoms with Crippen molar-refractivity contribution in [3.8, 4) is 11.4 Å². The molecule has 0 bridgehead atoms. The second-order valence-corrected chi connectivity index (χ2v) is 4.89. The van der Waals surface area contributed by atoms with Gasteiger partial charge in [0.05, 0.1) is 12.6 Å². The Morgan fingerprint density at radius 1 is 1.42 bits per heavy atom. The Labute approximate surface area is 111 Å². The number of hydrogen-bond acceptors (Lipinski definition) is 5. The molecule has 0 amide bonds. The quantitative estimate of drug-likeness (QED) is 0.828. The maximum Gasteiger partial charge on any atom is 0.182 e. The minimum absolute atomic E-state index is 0.218. The maximum absolute atomic E-state index is 5.78. The van der Waals surface area contributed by atoms with Gasteiger partial charge < -0.3 is 10.5 Å². The summed E-state index contributed by atoms with van der Waals surface area (Å²) in [6.45, 7) is 3.52. The number of benzene rings is 1.